The Labute approximate surface area is 100 Å². The van der Waals surface area contributed by atoms with E-state index in [2.05, 4.69) is 20.6 Å². The molecule has 0 aliphatic heterocycles. The van der Waals surface area contributed by atoms with Crippen LogP contribution in [0.2, 0.25) is 0 Å². The van der Waals surface area contributed by atoms with Gasteiger partial charge >= 0.3 is 0 Å². The van der Waals surface area contributed by atoms with Crippen LogP contribution in [0.1, 0.15) is 17.2 Å². The van der Waals surface area contributed by atoms with Crippen LogP contribution in [0, 0.1) is 13.8 Å². The van der Waals surface area contributed by atoms with Gasteiger partial charge in [0.25, 0.3) is 0 Å². The van der Waals surface area contributed by atoms with E-state index in [-0.39, 0.29) is 0 Å². The third kappa shape index (κ3) is 2.96. The Morgan fingerprint density at radius 3 is 2.71 bits per heavy atom. The summed E-state index contributed by atoms with van der Waals surface area (Å²) in [5.41, 5.74) is 0.919. The van der Waals surface area contributed by atoms with Gasteiger partial charge in [-0.1, -0.05) is 0 Å². The topological polar surface area (TPSA) is 63.0 Å². The summed E-state index contributed by atoms with van der Waals surface area (Å²) in [6.07, 6.45) is 0. The van der Waals surface area contributed by atoms with Crippen LogP contribution in [-0.2, 0) is 6.54 Å². The largest absolute Gasteiger partial charge is 0.465 e. The molecule has 0 saturated carbocycles. The molecule has 0 aliphatic rings. The first-order chi connectivity index (χ1) is 8.17. The lowest BCUT2D eigenvalue weighted by Crippen LogP contribution is -2.05. The second-order valence-electron chi connectivity index (χ2n) is 3.83. The van der Waals surface area contributed by atoms with Crippen LogP contribution in [0.15, 0.2) is 22.6 Å². The Morgan fingerprint density at radius 2 is 2.06 bits per heavy atom. The fourth-order valence-electron chi connectivity index (χ4n) is 1.53. The molecule has 0 atom stereocenters. The molecule has 0 spiro atoms. The molecule has 17 heavy (non-hydrogen) atoms. The molecule has 90 valence electrons. The second kappa shape index (κ2) is 4.86. The minimum atomic E-state index is 0.614. The monoisotopic (exact) mass is 232 g/mol. The predicted molar refractivity (Wildman–Crippen MR) is 67.1 cm³/mol. The van der Waals surface area contributed by atoms with E-state index in [1.54, 1.807) is 7.05 Å². The van der Waals surface area contributed by atoms with Gasteiger partial charge in [-0.05, 0) is 26.0 Å². The Kier molecular flexibility index (Phi) is 3.27. The predicted octanol–water partition coefficient (Wildman–Crippen LogP) is 2.34. The van der Waals surface area contributed by atoms with Gasteiger partial charge in [0.05, 0.1) is 6.54 Å². The zero-order valence-corrected chi connectivity index (χ0v) is 10.2. The van der Waals surface area contributed by atoms with Gasteiger partial charge in [-0.3, -0.25) is 0 Å². The van der Waals surface area contributed by atoms with Gasteiger partial charge in [-0.2, -0.15) is 4.98 Å². The van der Waals surface area contributed by atoms with Gasteiger partial charge in [-0.15, -0.1) is 0 Å². The highest BCUT2D eigenvalue weighted by molar-refractivity contribution is 5.42. The molecule has 0 aliphatic carbocycles. The maximum atomic E-state index is 5.47. The maximum Gasteiger partial charge on any atom is 0.224 e. The molecule has 2 aromatic rings. The summed E-state index contributed by atoms with van der Waals surface area (Å²) >= 11 is 0. The quantitative estimate of drug-likeness (QED) is 0.847. The van der Waals surface area contributed by atoms with E-state index in [0.717, 1.165) is 23.0 Å². The van der Waals surface area contributed by atoms with Crippen molar-refractivity contribution in [3.05, 3.63) is 35.4 Å². The van der Waals surface area contributed by atoms with Crippen molar-refractivity contribution in [2.75, 3.05) is 17.7 Å². The Bertz CT molecular complexity index is 507. The summed E-state index contributed by atoms with van der Waals surface area (Å²) in [4.78, 5) is 8.52. The standard InChI is InChI=1S/C12H16N4O/c1-8-6-11(16-12(13-3)15-8)14-7-10-5-4-9(2)17-10/h4-6H,7H2,1-3H3,(H2,13,14,15,16). The minimum absolute atomic E-state index is 0.614. The Balaban J connectivity index is 2.05. The fourth-order valence-corrected chi connectivity index (χ4v) is 1.53. The summed E-state index contributed by atoms with van der Waals surface area (Å²) in [6, 6.07) is 5.80. The van der Waals surface area contributed by atoms with E-state index in [1.807, 2.05) is 32.0 Å². The molecule has 0 bridgehead atoms. The van der Waals surface area contributed by atoms with E-state index < -0.39 is 0 Å². The van der Waals surface area contributed by atoms with E-state index in [0.29, 0.717) is 12.5 Å². The van der Waals surface area contributed by atoms with Crippen LogP contribution in [-0.4, -0.2) is 17.0 Å². The van der Waals surface area contributed by atoms with Crippen molar-refractivity contribution in [3.63, 3.8) is 0 Å². The highest BCUT2D eigenvalue weighted by atomic mass is 16.3. The van der Waals surface area contributed by atoms with Crippen molar-refractivity contribution < 1.29 is 4.42 Å². The SMILES string of the molecule is CNc1nc(C)cc(NCc2ccc(C)o2)n1. The van der Waals surface area contributed by atoms with Crippen LogP contribution in [0.25, 0.3) is 0 Å². The molecule has 0 fully saturated rings. The number of furan rings is 1. The van der Waals surface area contributed by atoms with Crippen molar-refractivity contribution in [1.82, 2.24) is 9.97 Å². The second-order valence-corrected chi connectivity index (χ2v) is 3.83. The number of rotatable bonds is 4. The summed E-state index contributed by atoms with van der Waals surface area (Å²) < 4.78 is 5.47. The number of hydrogen-bond acceptors (Lipinski definition) is 5. The van der Waals surface area contributed by atoms with Crippen LogP contribution in [0.4, 0.5) is 11.8 Å². The molecule has 2 aromatic heterocycles. The van der Waals surface area contributed by atoms with Gasteiger partial charge in [0.1, 0.15) is 17.3 Å². The van der Waals surface area contributed by atoms with Crippen LogP contribution >= 0.6 is 0 Å². The first-order valence-corrected chi connectivity index (χ1v) is 5.50. The molecule has 0 radical (unpaired) electrons. The average Bonchev–Trinajstić information content (AvgIpc) is 2.72. The third-order valence-corrected chi connectivity index (χ3v) is 2.32. The third-order valence-electron chi connectivity index (χ3n) is 2.32. The number of anilines is 2. The van der Waals surface area contributed by atoms with Crippen molar-refractivity contribution in [1.29, 1.82) is 0 Å². The van der Waals surface area contributed by atoms with Crippen molar-refractivity contribution in [2.45, 2.75) is 20.4 Å². The number of hydrogen-bond donors (Lipinski definition) is 2. The lowest BCUT2D eigenvalue weighted by atomic mass is 10.4. The normalized spacial score (nSPS) is 10.3. The van der Waals surface area contributed by atoms with Crippen molar-refractivity contribution >= 4 is 11.8 Å². The molecular weight excluding hydrogens is 216 g/mol. The van der Waals surface area contributed by atoms with Crippen LogP contribution in [0.5, 0.6) is 0 Å². The Morgan fingerprint density at radius 1 is 1.24 bits per heavy atom. The van der Waals surface area contributed by atoms with Gasteiger partial charge in [-0.25, -0.2) is 4.98 Å². The molecule has 5 nitrogen and oxygen atoms in total. The number of aryl methyl sites for hydroxylation is 2. The molecule has 0 aromatic carbocycles. The number of nitrogens with one attached hydrogen (secondary N) is 2. The first-order valence-electron chi connectivity index (χ1n) is 5.50. The minimum Gasteiger partial charge on any atom is -0.465 e. The highest BCUT2D eigenvalue weighted by Crippen LogP contribution is 2.12. The number of nitrogens with zero attached hydrogens (tertiary/aromatic N) is 2. The maximum absolute atomic E-state index is 5.47. The summed E-state index contributed by atoms with van der Waals surface area (Å²) in [6.45, 7) is 4.48. The lowest BCUT2D eigenvalue weighted by Gasteiger charge is -2.06. The van der Waals surface area contributed by atoms with Gasteiger partial charge in [0.2, 0.25) is 5.95 Å². The Hall–Kier alpha value is -2.04. The van der Waals surface area contributed by atoms with E-state index in [9.17, 15) is 0 Å². The molecule has 0 saturated heterocycles. The van der Waals surface area contributed by atoms with E-state index >= 15 is 0 Å². The number of aromatic nitrogens is 2. The molecule has 2 rings (SSSR count). The van der Waals surface area contributed by atoms with Crippen LogP contribution < -0.4 is 10.6 Å². The fraction of sp³-hybridized carbons (Fsp3) is 0.333. The van der Waals surface area contributed by atoms with Crippen molar-refractivity contribution in [3.8, 4) is 0 Å². The molecule has 2 heterocycles. The molecular formula is C12H16N4O. The average molecular weight is 232 g/mol. The van der Waals surface area contributed by atoms with Gasteiger partial charge < -0.3 is 15.1 Å². The first kappa shape index (κ1) is 11.4. The summed E-state index contributed by atoms with van der Waals surface area (Å²) in [5.74, 6) is 3.21. The summed E-state index contributed by atoms with van der Waals surface area (Å²) in [7, 11) is 1.80. The zero-order valence-electron chi connectivity index (χ0n) is 10.2. The van der Waals surface area contributed by atoms with Crippen molar-refractivity contribution in [2.24, 2.45) is 0 Å². The molecule has 2 N–H and O–H groups in total. The smallest absolute Gasteiger partial charge is 0.224 e. The zero-order chi connectivity index (χ0) is 12.3. The lowest BCUT2D eigenvalue weighted by molar-refractivity contribution is 0.490. The highest BCUT2D eigenvalue weighted by Gasteiger charge is 2.02. The molecule has 5 heteroatoms. The molecule has 0 unspecified atom stereocenters. The van der Waals surface area contributed by atoms with E-state index in [4.69, 9.17) is 4.42 Å². The van der Waals surface area contributed by atoms with Gasteiger partial charge in [0.15, 0.2) is 0 Å². The molecule has 0 amide bonds. The van der Waals surface area contributed by atoms with Crippen LogP contribution in [0.3, 0.4) is 0 Å². The van der Waals surface area contributed by atoms with Gasteiger partial charge in [0, 0.05) is 18.8 Å². The summed E-state index contributed by atoms with van der Waals surface area (Å²) in [5, 5.41) is 6.13. The van der Waals surface area contributed by atoms with E-state index in [1.165, 1.54) is 0 Å².